The Labute approximate surface area is 121 Å². The molecule has 1 nitrogen and oxygen atoms in total. The Kier molecular flexibility index (Phi) is 5.52. The lowest BCUT2D eigenvalue weighted by Gasteiger charge is -2.21. The molecule has 0 aliphatic heterocycles. The summed E-state index contributed by atoms with van der Waals surface area (Å²) in [4.78, 5) is 0.341. The van der Waals surface area contributed by atoms with Gasteiger partial charge in [0.2, 0.25) is 0 Å². The smallest absolute Gasteiger partial charge is 0.126 e. The van der Waals surface area contributed by atoms with E-state index in [1.807, 2.05) is 0 Å². The average molecular weight is 364 g/mol. The van der Waals surface area contributed by atoms with Gasteiger partial charge in [0.05, 0.1) is 7.11 Å². The Morgan fingerprint density at radius 3 is 2.35 bits per heavy atom. The number of methoxy groups -OCH3 is 1. The topological polar surface area (TPSA) is 9.23 Å². The predicted octanol–water partition coefficient (Wildman–Crippen LogP) is 5.56. The van der Waals surface area contributed by atoms with E-state index >= 15 is 0 Å². The maximum Gasteiger partial charge on any atom is 0.126 e. The first-order chi connectivity index (χ1) is 7.88. The molecule has 1 rings (SSSR count). The maximum atomic E-state index is 5.56. The van der Waals surface area contributed by atoms with Crippen molar-refractivity contribution >= 4 is 31.9 Å². The molecule has 0 heterocycles. The van der Waals surface area contributed by atoms with Gasteiger partial charge in [-0.3, -0.25) is 0 Å². The second kappa shape index (κ2) is 6.24. The second-order valence-electron chi connectivity index (χ2n) is 4.84. The van der Waals surface area contributed by atoms with Crippen molar-refractivity contribution in [2.75, 3.05) is 7.11 Å². The predicted molar refractivity (Wildman–Crippen MR) is 81.3 cm³/mol. The van der Waals surface area contributed by atoms with E-state index in [1.165, 1.54) is 16.7 Å². The number of rotatable bonds is 4. The van der Waals surface area contributed by atoms with Crippen LogP contribution in [0.15, 0.2) is 10.5 Å². The number of aryl methyl sites for hydroxylation is 1. The summed E-state index contributed by atoms with van der Waals surface area (Å²) in [6, 6.07) is 2.12. The molecule has 1 atom stereocenters. The fourth-order valence-corrected chi connectivity index (χ4v) is 3.91. The Bertz CT molecular complexity index is 400. The monoisotopic (exact) mass is 362 g/mol. The van der Waals surface area contributed by atoms with E-state index in [9.17, 15) is 0 Å². The van der Waals surface area contributed by atoms with E-state index in [2.05, 4.69) is 65.6 Å². The molecule has 0 saturated carbocycles. The summed E-state index contributed by atoms with van der Waals surface area (Å²) < 4.78 is 6.72. The van der Waals surface area contributed by atoms with Gasteiger partial charge in [-0.15, -0.1) is 0 Å². The first-order valence-corrected chi connectivity index (χ1v) is 7.57. The third-order valence-corrected chi connectivity index (χ3v) is 4.56. The van der Waals surface area contributed by atoms with Crippen LogP contribution in [0.25, 0.3) is 0 Å². The molecule has 1 aromatic rings. The number of ether oxygens (including phenoxy) is 1. The molecule has 0 bridgehead atoms. The molecule has 1 unspecified atom stereocenters. The lowest BCUT2D eigenvalue weighted by atomic mass is 9.96. The minimum atomic E-state index is 0.341. The molecule has 0 spiro atoms. The first kappa shape index (κ1) is 15.0. The molecule has 0 aromatic heterocycles. The number of alkyl halides is 1. The van der Waals surface area contributed by atoms with Crippen LogP contribution in [-0.4, -0.2) is 7.11 Å². The van der Waals surface area contributed by atoms with E-state index in [0.29, 0.717) is 10.7 Å². The van der Waals surface area contributed by atoms with E-state index in [4.69, 9.17) is 4.74 Å². The first-order valence-electron chi connectivity index (χ1n) is 5.86. The molecule has 1 aromatic carbocycles. The van der Waals surface area contributed by atoms with Crippen molar-refractivity contribution in [3.8, 4) is 5.75 Å². The zero-order valence-electron chi connectivity index (χ0n) is 11.1. The van der Waals surface area contributed by atoms with Gasteiger partial charge in [0.1, 0.15) is 5.75 Å². The molecule has 0 aliphatic carbocycles. The Morgan fingerprint density at radius 2 is 1.88 bits per heavy atom. The van der Waals surface area contributed by atoms with Crippen molar-refractivity contribution in [2.45, 2.75) is 38.9 Å². The number of hydrogen-bond acceptors (Lipinski definition) is 1. The quantitative estimate of drug-likeness (QED) is 0.636. The van der Waals surface area contributed by atoms with Crippen LogP contribution in [0.2, 0.25) is 0 Å². The highest BCUT2D eigenvalue weighted by Crippen LogP contribution is 2.42. The minimum Gasteiger partial charge on any atom is -0.496 e. The number of hydrogen-bond donors (Lipinski definition) is 0. The molecule has 0 fully saturated rings. The molecule has 17 heavy (non-hydrogen) atoms. The van der Waals surface area contributed by atoms with Crippen LogP contribution < -0.4 is 4.74 Å². The SMILES string of the molecule is COc1c(C)cc(Br)c(C)c1C(Br)CC(C)C. The lowest BCUT2D eigenvalue weighted by molar-refractivity contribution is 0.403. The number of halogens is 2. The molecule has 0 radical (unpaired) electrons. The normalized spacial score (nSPS) is 12.9. The van der Waals surface area contributed by atoms with Gasteiger partial charge in [-0.2, -0.15) is 0 Å². The molecule has 0 aliphatic rings. The van der Waals surface area contributed by atoms with Gasteiger partial charge >= 0.3 is 0 Å². The van der Waals surface area contributed by atoms with Gasteiger partial charge in [0.25, 0.3) is 0 Å². The molecule has 0 saturated heterocycles. The van der Waals surface area contributed by atoms with Crippen molar-refractivity contribution in [3.63, 3.8) is 0 Å². The largest absolute Gasteiger partial charge is 0.496 e. The highest BCUT2D eigenvalue weighted by Gasteiger charge is 2.20. The fraction of sp³-hybridized carbons (Fsp3) is 0.571. The van der Waals surface area contributed by atoms with E-state index < -0.39 is 0 Å². The summed E-state index contributed by atoms with van der Waals surface area (Å²) in [5.41, 5.74) is 3.70. The maximum absolute atomic E-state index is 5.56. The molecule has 0 N–H and O–H groups in total. The molecule has 96 valence electrons. The zero-order chi connectivity index (χ0) is 13.2. The van der Waals surface area contributed by atoms with E-state index in [0.717, 1.165) is 16.6 Å². The zero-order valence-corrected chi connectivity index (χ0v) is 14.3. The van der Waals surface area contributed by atoms with Gasteiger partial charge < -0.3 is 4.74 Å². The van der Waals surface area contributed by atoms with Crippen LogP contribution in [0.5, 0.6) is 5.75 Å². The molecular formula is C14H20Br2O. The Balaban J connectivity index is 3.28. The lowest BCUT2D eigenvalue weighted by Crippen LogP contribution is -2.04. The third-order valence-electron chi connectivity index (χ3n) is 2.90. The minimum absolute atomic E-state index is 0.341. The van der Waals surface area contributed by atoms with Gasteiger partial charge in [-0.25, -0.2) is 0 Å². The summed E-state index contributed by atoms with van der Waals surface area (Å²) in [7, 11) is 1.74. The van der Waals surface area contributed by atoms with Crippen LogP contribution in [0, 0.1) is 19.8 Å². The van der Waals surface area contributed by atoms with Crippen molar-refractivity contribution in [3.05, 3.63) is 27.2 Å². The van der Waals surface area contributed by atoms with Crippen molar-refractivity contribution in [1.82, 2.24) is 0 Å². The van der Waals surface area contributed by atoms with Gasteiger partial charge in [-0.1, -0.05) is 45.7 Å². The van der Waals surface area contributed by atoms with Crippen LogP contribution in [-0.2, 0) is 0 Å². The Hall–Kier alpha value is -0.0200. The van der Waals surface area contributed by atoms with E-state index in [1.54, 1.807) is 7.11 Å². The number of benzene rings is 1. The van der Waals surface area contributed by atoms with Gasteiger partial charge in [0.15, 0.2) is 0 Å². The highest BCUT2D eigenvalue weighted by molar-refractivity contribution is 9.10. The summed E-state index contributed by atoms with van der Waals surface area (Å²) in [6.07, 6.45) is 1.10. The van der Waals surface area contributed by atoms with Gasteiger partial charge in [-0.05, 0) is 43.4 Å². The third kappa shape index (κ3) is 3.47. The summed E-state index contributed by atoms with van der Waals surface area (Å²) in [5.74, 6) is 1.66. The summed E-state index contributed by atoms with van der Waals surface area (Å²) in [6.45, 7) is 8.69. The van der Waals surface area contributed by atoms with Crippen molar-refractivity contribution in [2.24, 2.45) is 5.92 Å². The summed E-state index contributed by atoms with van der Waals surface area (Å²) in [5, 5.41) is 0. The molecular weight excluding hydrogens is 344 g/mol. The standard InChI is InChI=1S/C14H20Br2O/c1-8(2)6-12(16)13-10(4)11(15)7-9(3)14(13)17-5/h7-8,12H,6H2,1-5H3. The average Bonchev–Trinajstić information content (AvgIpc) is 2.21. The molecule has 3 heteroatoms. The van der Waals surface area contributed by atoms with Crippen molar-refractivity contribution < 1.29 is 4.74 Å². The molecule has 0 amide bonds. The van der Waals surface area contributed by atoms with Crippen LogP contribution >= 0.6 is 31.9 Å². The fourth-order valence-electron chi connectivity index (χ4n) is 2.06. The summed E-state index contributed by atoms with van der Waals surface area (Å²) >= 11 is 7.41. The highest BCUT2D eigenvalue weighted by atomic mass is 79.9. The van der Waals surface area contributed by atoms with Crippen LogP contribution in [0.1, 0.15) is 41.8 Å². The van der Waals surface area contributed by atoms with Crippen molar-refractivity contribution in [1.29, 1.82) is 0 Å². The van der Waals surface area contributed by atoms with E-state index in [-0.39, 0.29) is 0 Å². The van der Waals surface area contributed by atoms with Gasteiger partial charge in [0, 0.05) is 14.9 Å². The Morgan fingerprint density at radius 1 is 1.29 bits per heavy atom. The van der Waals surface area contributed by atoms with Crippen LogP contribution in [0.4, 0.5) is 0 Å². The van der Waals surface area contributed by atoms with Crippen LogP contribution in [0.3, 0.4) is 0 Å². The second-order valence-corrected chi connectivity index (χ2v) is 6.80.